The fraction of sp³-hybridized carbons (Fsp3) is 0.133. The number of hydrogen-bond acceptors (Lipinski definition) is 2. The number of allylic oxidation sites excluding steroid dienone is 1. The van der Waals surface area contributed by atoms with Gasteiger partial charge in [0.05, 0.1) is 4.88 Å². The number of benzene rings is 1. The molecule has 0 N–H and O–H groups in total. The molecule has 0 atom stereocenters. The highest BCUT2D eigenvalue weighted by molar-refractivity contribution is 7.14. The van der Waals surface area contributed by atoms with Crippen LogP contribution in [0.15, 0.2) is 36.4 Å². The van der Waals surface area contributed by atoms with E-state index in [9.17, 15) is 13.6 Å². The Morgan fingerprint density at radius 2 is 2.00 bits per heavy atom. The SMILES string of the molecule is CCc1ccc(C(=O)/C=C/c2ccc(F)c(F)c2)s1. The van der Waals surface area contributed by atoms with E-state index in [0.717, 1.165) is 23.4 Å². The summed E-state index contributed by atoms with van der Waals surface area (Å²) in [7, 11) is 0. The predicted octanol–water partition coefficient (Wildman–Crippen LogP) is 4.48. The third-order valence-electron chi connectivity index (χ3n) is 2.62. The Morgan fingerprint density at radius 3 is 2.63 bits per heavy atom. The normalized spacial score (nSPS) is 11.1. The average Bonchev–Trinajstić information content (AvgIpc) is 2.88. The molecule has 0 unspecified atom stereocenters. The lowest BCUT2D eigenvalue weighted by molar-refractivity contribution is 0.105. The maximum absolute atomic E-state index is 13.0. The van der Waals surface area contributed by atoms with E-state index in [-0.39, 0.29) is 5.78 Å². The molecule has 0 fully saturated rings. The second kappa shape index (κ2) is 5.89. The molecule has 1 heterocycles. The van der Waals surface area contributed by atoms with Crippen molar-refractivity contribution in [3.8, 4) is 0 Å². The van der Waals surface area contributed by atoms with Crippen LogP contribution in [-0.2, 0) is 6.42 Å². The van der Waals surface area contributed by atoms with Crippen LogP contribution in [0.5, 0.6) is 0 Å². The maximum Gasteiger partial charge on any atom is 0.195 e. The summed E-state index contributed by atoms with van der Waals surface area (Å²) in [5, 5.41) is 0. The Kier molecular flexibility index (Phi) is 4.22. The number of ketones is 1. The van der Waals surface area contributed by atoms with Gasteiger partial charge in [0.25, 0.3) is 0 Å². The average molecular weight is 278 g/mol. The molecule has 0 aliphatic carbocycles. The Labute approximate surface area is 114 Å². The summed E-state index contributed by atoms with van der Waals surface area (Å²) in [5.74, 6) is -1.94. The van der Waals surface area contributed by atoms with Gasteiger partial charge >= 0.3 is 0 Å². The van der Waals surface area contributed by atoms with Crippen molar-refractivity contribution in [1.82, 2.24) is 0 Å². The van der Waals surface area contributed by atoms with Gasteiger partial charge < -0.3 is 0 Å². The molecule has 4 heteroatoms. The smallest absolute Gasteiger partial charge is 0.195 e. The molecule has 0 spiro atoms. The Hall–Kier alpha value is -1.81. The molecule has 19 heavy (non-hydrogen) atoms. The summed E-state index contributed by atoms with van der Waals surface area (Å²) >= 11 is 1.45. The maximum atomic E-state index is 13.0. The Bertz CT molecular complexity index is 629. The molecule has 1 aromatic carbocycles. The van der Waals surface area contributed by atoms with Crippen LogP contribution in [0.3, 0.4) is 0 Å². The largest absolute Gasteiger partial charge is 0.288 e. The van der Waals surface area contributed by atoms with Gasteiger partial charge in [0.1, 0.15) is 0 Å². The topological polar surface area (TPSA) is 17.1 Å². The second-order valence-corrected chi connectivity index (χ2v) is 5.16. The molecule has 0 saturated heterocycles. The van der Waals surface area contributed by atoms with Crippen LogP contribution < -0.4 is 0 Å². The van der Waals surface area contributed by atoms with Crippen molar-refractivity contribution in [1.29, 1.82) is 0 Å². The molecule has 0 radical (unpaired) electrons. The highest BCUT2D eigenvalue weighted by atomic mass is 32.1. The number of thiophene rings is 1. The lowest BCUT2D eigenvalue weighted by Gasteiger charge is -1.95. The van der Waals surface area contributed by atoms with Gasteiger partial charge in [-0.1, -0.05) is 19.1 Å². The number of aryl methyl sites for hydroxylation is 1. The number of carbonyl (C=O) groups is 1. The number of hydrogen-bond donors (Lipinski definition) is 0. The van der Waals surface area contributed by atoms with Crippen LogP contribution in [0.2, 0.25) is 0 Å². The molecule has 98 valence electrons. The van der Waals surface area contributed by atoms with Crippen LogP contribution in [-0.4, -0.2) is 5.78 Å². The van der Waals surface area contributed by atoms with E-state index in [4.69, 9.17) is 0 Å². The van der Waals surface area contributed by atoms with Crippen molar-refractivity contribution in [3.05, 3.63) is 63.4 Å². The molecule has 0 amide bonds. The highest BCUT2D eigenvalue weighted by Gasteiger charge is 2.06. The van der Waals surface area contributed by atoms with Gasteiger partial charge in [-0.3, -0.25) is 4.79 Å². The van der Waals surface area contributed by atoms with Gasteiger partial charge in [0.15, 0.2) is 17.4 Å². The summed E-state index contributed by atoms with van der Waals surface area (Å²) in [6, 6.07) is 7.23. The van der Waals surface area contributed by atoms with E-state index in [1.807, 2.05) is 13.0 Å². The van der Waals surface area contributed by atoms with E-state index in [2.05, 4.69) is 0 Å². The lowest BCUT2D eigenvalue weighted by atomic mass is 10.2. The van der Waals surface area contributed by atoms with E-state index in [1.54, 1.807) is 6.07 Å². The molecule has 0 bridgehead atoms. The van der Waals surface area contributed by atoms with Crippen LogP contribution in [0.4, 0.5) is 8.78 Å². The minimum Gasteiger partial charge on any atom is -0.288 e. The molecular formula is C15H12F2OS. The van der Waals surface area contributed by atoms with Crippen molar-refractivity contribution in [3.63, 3.8) is 0 Å². The molecule has 2 rings (SSSR count). The zero-order valence-electron chi connectivity index (χ0n) is 10.3. The van der Waals surface area contributed by atoms with Crippen LogP contribution in [0, 0.1) is 11.6 Å². The standard InChI is InChI=1S/C15H12F2OS/c1-2-11-5-8-15(19-11)14(18)7-4-10-3-6-12(16)13(17)9-10/h3-9H,2H2,1H3/b7-4+. The van der Waals surface area contributed by atoms with E-state index >= 15 is 0 Å². The third kappa shape index (κ3) is 3.35. The Morgan fingerprint density at radius 1 is 1.21 bits per heavy atom. The molecule has 1 nitrogen and oxygen atoms in total. The van der Waals surface area contributed by atoms with Gasteiger partial charge in [-0.2, -0.15) is 0 Å². The van der Waals surface area contributed by atoms with E-state index < -0.39 is 11.6 Å². The van der Waals surface area contributed by atoms with Crippen molar-refractivity contribution in [2.45, 2.75) is 13.3 Å². The van der Waals surface area contributed by atoms with Crippen molar-refractivity contribution in [2.24, 2.45) is 0 Å². The molecule has 0 saturated carbocycles. The fourth-order valence-electron chi connectivity index (χ4n) is 1.57. The number of halogens is 2. The predicted molar refractivity (Wildman–Crippen MR) is 73.4 cm³/mol. The highest BCUT2D eigenvalue weighted by Crippen LogP contribution is 2.18. The summed E-state index contributed by atoms with van der Waals surface area (Å²) in [4.78, 5) is 13.6. The Balaban J connectivity index is 2.13. The van der Waals surface area contributed by atoms with Crippen molar-refractivity contribution < 1.29 is 13.6 Å². The minimum atomic E-state index is -0.918. The summed E-state index contributed by atoms with van der Waals surface area (Å²) in [6.07, 6.45) is 3.75. The molecule has 0 aliphatic heterocycles. The zero-order chi connectivity index (χ0) is 13.8. The number of carbonyl (C=O) groups excluding carboxylic acids is 1. The zero-order valence-corrected chi connectivity index (χ0v) is 11.1. The van der Waals surface area contributed by atoms with Crippen LogP contribution >= 0.6 is 11.3 Å². The molecule has 0 aliphatic rings. The van der Waals surface area contributed by atoms with Gasteiger partial charge in [-0.15, -0.1) is 11.3 Å². The van der Waals surface area contributed by atoms with Crippen molar-refractivity contribution >= 4 is 23.2 Å². The van der Waals surface area contributed by atoms with Crippen LogP contribution in [0.1, 0.15) is 27.0 Å². The summed E-state index contributed by atoms with van der Waals surface area (Å²) in [6.45, 7) is 2.03. The van der Waals surface area contributed by atoms with Crippen molar-refractivity contribution in [2.75, 3.05) is 0 Å². The summed E-state index contributed by atoms with van der Waals surface area (Å²) < 4.78 is 25.7. The second-order valence-electron chi connectivity index (χ2n) is 3.99. The van der Waals surface area contributed by atoms with Gasteiger partial charge in [-0.05, 0) is 42.3 Å². The first-order valence-electron chi connectivity index (χ1n) is 5.86. The molecule has 2 aromatic rings. The lowest BCUT2D eigenvalue weighted by Crippen LogP contribution is -1.89. The number of rotatable bonds is 4. The summed E-state index contributed by atoms with van der Waals surface area (Å²) in [5.41, 5.74) is 0.458. The van der Waals surface area contributed by atoms with Gasteiger partial charge in [-0.25, -0.2) is 8.78 Å². The first-order valence-corrected chi connectivity index (χ1v) is 6.68. The van der Waals surface area contributed by atoms with Gasteiger partial charge in [0.2, 0.25) is 0 Å². The first-order chi connectivity index (χ1) is 9.10. The molecular weight excluding hydrogens is 266 g/mol. The van der Waals surface area contributed by atoms with Gasteiger partial charge in [0, 0.05) is 4.88 Å². The van der Waals surface area contributed by atoms with E-state index in [0.29, 0.717) is 10.4 Å². The fourth-order valence-corrected chi connectivity index (χ4v) is 2.44. The molecule has 1 aromatic heterocycles. The van der Waals surface area contributed by atoms with Crippen LogP contribution in [0.25, 0.3) is 6.08 Å². The quantitative estimate of drug-likeness (QED) is 0.595. The minimum absolute atomic E-state index is 0.130. The first kappa shape index (κ1) is 13.6. The van der Waals surface area contributed by atoms with E-state index in [1.165, 1.54) is 29.6 Å². The third-order valence-corrected chi connectivity index (χ3v) is 3.87. The monoisotopic (exact) mass is 278 g/mol.